The topological polar surface area (TPSA) is 108 Å². The van der Waals surface area contributed by atoms with Gasteiger partial charge in [0, 0.05) is 36.5 Å². The van der Waals surface area contributed by atoms with Gasteiger partial charge in [0.15, 0.2) is 11.5 Å². The first-order chi connectivity index (χ1) is 18.3. The van der Waals surface area contributed by atoms with Crippen LogP contribution >= 0.6 is 0 Å². The van der Waals surface area contributed by atoms with E-state index in [0.29, 0.717) is 45.7 Å². The molecule has 1 heterocycles. The van der Waals surface area contributed by atoms with Crippen molar-refractivity contribution in [2.45, 2.75) is 6.10 Å². The molecule has 4 aromatic rings. The van der Waals surface area contributed by atoms with Gasteiger partial charge in [-0.25, -0.2) is 8.78 Å². The summed E-state index contributed by atoms with van der Waals surface area (Å²) in [5.74, 6) is -1.44. The maximum Gasteiger partial charge on any atom is 0.263 e. The first-order valence-electron chi connectivity index (χ1n) is 11.2. The SMILES string of the molecule is COc1cc2nccc(Oc3ccc(NC(=O)C(OC)C(=O)Nc4ccc(F)cc4F)cc3)c2cc1OC. The minimum atomic E-state index is -1.59. The summed E-state index contributed by atoms with van der Waals surface area (Å²) in [6, 6.07) is 14.2. The highest BCUT2D eigenvalue weighted by molar-refractivity contribution is 6.13. The highest BCUT2D eigenvalue weighted by Crippen LogP contribution is 2.37. The Balaban J connectivity index is 1.45. The predicted octanol–water partition coefficient (Wildman–Crippen LogP) is 4.91. The quantitative estimate of drug-likeness (QED) is 0.300. The molecule has 0 aliphatic carbocycles. The van der Waals surface area contributed by atoms with E-state index in [0.717, 1.165) is 19.2 Å². The molecule has 0 spiro atoms. The molecular formula is C27H23F2N3O6. The predicted molar refractivity (Wildman–Crippen MR) is 136 cm³/mol. The van der Waals surface area contributed by atoms with Crippen molar-refractivity contribution >= 4 is 34.1 Å². The van der Waals surface area contributed by atoms with Crippen LogP contribution in [0.25, 0.3) is 10.9 Å². The first-order valence-corrected chi connectivity index (χ1v) is 11.2. The Labute approximate surface area is 216 Å². The van der Waals surface area contributed by atoms with Crippen LogP contribution in [0.5, 0.6) is 23.0 Å². The van der Waals surface area contributed by atoms with E-state index in [4.69, 9.17) is 18.9 Å². The maximum absolute atomic E-state index is 13.9. The van der Waals surface area contributed by atoms with Crippen molar-refractivity contribution in [2.24, 2.45) is 0 Å². The van der Waals surface area contributed by atoms with Gasteiger partial charge >= 0.3 is 0 Å². The average Bonchev–Trinajstić information content (AvgIpc) is 2.91. The minimum absolute atomic E-state index is 0.285. The lowest BCUT2D eigenvalue weighted by Crippen LogP contribution is -2.40. The molecule has 0 saturated heterocycles. The number of hydrogen-bond donors (Lipinski definition) is 2. The summed E-state index contributed by atoms with van der Waals surface area (Å²) >= 11 is 0. The molecule has 2 amide bonds. The number of ether oxygens (including phenoxy) is 4. The van der Waals surface area contributed by atoms with E-state index in [-0.39, 0.29) is 5.69 Å². The van der Waals surface area contributed by atoms with Gasteiger partial charge in [-0.1, -0.05) is 0 Å². The van der Waals surface area contributed by atoms with Crippen LogP contribution in [0, 0.1) is 11.6 Å². The van der Waals surface area contributed by atoms with E-state index in [1.165, 1.54) is 14.2 Å². The van der Waals surface area contributed by atoms with Gasteiger partial charge in [0.2, 0.25) is 6.10 Å². The zero-order valence-electron chi connectivity index (χ0n) is 20.6. The van der Waals surface area contributed by atoms with E-state index < -0.39 is 29.6 Å². The normalized spacial score (nSPS) is 11.5. The number of pyridine rings is 1. The molecule has 1 unspecified atom stereocenters. The zero-order chi connectivity index (χ0) is 27.2. The molecule has 4 rings (SSSR count). The summed E-state index contributed by atoms with van der Waals surface area (Å²) < 4.78 is 48.7. The molecule has 9 nitrogen and oxygen atoms in total. The molecule has 0 fully saturated rings. The van der Waals surface area contributed by atoms with Gasteiger partial charge in [-0.3, -0.25) is 14.6 Å². The van der Waals surface area contributed by atoms with Crippen LogP contribution in [0.3, 0.4) is 0 Å². The minimum Gasteiger partial charge on any atom is -0.493 e. The van der Waals surface area contributed by atoms with Gasteiger partial charge in [0.25, 0.3) is 11.8 Å². The second kappa shape index (κ2) is 11.5. The summed E-state index contributed by atoms with van der Waals surface area (Å²) in [7, 11) is 4.23. The molecule has 0 radical (unpaired) electrons. The zero-order valence-corrected chi connectivity index (χ0v) is 20.6. The first kappa shape index (κ1) is 26.3. The van der Waals surface area contributed by atoms with Crippen LogP contribution in [-0.2, 0) is 14.3 Å². The number of hydrogen-bond acceptors (Lipinski definition) is 7. The van der Waals surface area contributed by atoms with Crippen molar-refractivity contribution < 1.29 is 37.3 Å². The molecule has 0 bridgehead atoms. The summed E-state index contributed by atoms with van der Waals surface area (Å²) in [4.78, 5) is 29.4. The van der Waals surface area contributed by atoms with E-state index in [2.05, 4.69) is 15.6 Å². The number of nitrogens with zero attached hydrogens (tertiary/aromatic N) is 1. The largest absolute Gasteiger partial charge is 0.493 e. The van der Waals surface area contributed by atoms with Crippen molar-refractivity contribution in [1.82, 2.24) is 4.98 Å². The number of carbonyl (C=O) groups excluding carboxylic acids is 2. The van der Waals surface area contributed by atoms with Crippen LogP contribution in [-0.4, -0.2) is 44.2 Å². The fourth-order valence-corrected chi connectivity index (χ4v) is 3.60. The summed E-state index contributed by atoms with van der Waals surface area (Å²) in [5.41, 5.74) is 0.719. The molecule has 196 valence electrons. The fraction of sp³-hybridized carbons (Fsp3) is 0.148. The Morgan fingerprint density at radius 1 is 0.816 bits per heavy atom. The molecule has 11 heteroatoms. The molecule has 1 atom stereocenters. The molecule has 0 saturated carbocycles. The Kier molecular flexibility index (Phi) is 7.97. The van der Waals surface area contributed by atoms with E-state index in [9.17, 15) is 18.4 Å². The molecule has 0 aliphatic rings. The highest BCUT2D eigenvalue weighted by atomic mass is 19.1. The number of carbonyl (C=O) groups is 2. The summed E-state index contributed by atoms with van der Waals surface area (Å²) in [5, 5.41) is 5.47. The highest BCUT2D eigenvalue weighted by Gasteiger charge is 2.27. The number of methoxy groups -OCH3 is 3. The van der Waals surface area contributed by atoms with E-state index >= 15 is 0 Å². The maximum atomic E-state index is 13.9. The van der Waals surface area contributed by atoms with Gasteiger partial charge < -0.3 is 29.6 Å². The van der Waals surface area contributed by atoms with E-state index in [1.807, 2.05) is 0 Å². The standard InChI is InChI=1S/C27H23F2N3O6/c1-35-23-13-18-21(14-24(23)36-2)30-11-10-22(18)38-17-7-5-16(6-8-17)31-26(33)25(37-3)27(34)32-20-9-4-15(28)12-19(20)29/h4-14,25H,1-3H3,(H,31,33)(H,32,34). The van der Waals surface area contributed by atoms with Crippen molar-refractivity contribution in [2.75, 3.05) is 32.0 Å². The molecule has 0 aliphatic heterocycles. The lowest BCUT2D eigenvalue weighted by atomic mass is 10.2. The number of anilines is 2. The third kappa shape index (κ3) is 5.79. The van der Waals surface area contributed by atoms with Crippen molar-refractivity contribution in [3.8, 4) is 23.0 Å². The average molecular weight is 523 g/mol. The molecule has 1 aromatic heterocycles. The number of benzene rings is 3. The lowest BCUT2D eigenvalue weighted by molar-refractivity contribution is -0.136. The number of nitrogens with one attached hydrogen (secondary N) is 2. The second-order valence-corrected chi connectivity index (χ2v) is 7.88. The van der Waals surface area contributed by atoms with Crippen LogP contribution in [0.2, 0.25) is 0 Å². The molecule has 2 N–H and O–H groups in total. The summed E-state index contributed by atoms with van der Waals surface area (Å²) in [6.07, 6.45) is 0.0110. The molecular weight excluding hydrogens is 500 g/mol. The summed E-state index contributed by atoms with van der Waals surface area (Å²) in [6.45, 7) is 0. The van der Waals surface area contributed by atoms with Gasteiger partial charge in [0.05, 0.1) is 25.4 Å². The van der Waals surface area contributed by atoms with Crippen LogP contribution in [0.1, 0.15) is 0 Å². The molecule has 3 aromatic carbocycles. The third-order valence-corrected chi connectivity index (χ3v) is 5.46. The Bertz CT molecular complexity index is 1480. The smallest absolute Gasteiger partial charge is 0.263 e. The number of amides is 2. The van der Waals surface area contributed by atoms with Crippen molar-refractivity contribution in [1.29, 1.82) is 0 Å². The van der Waals surface area contributed by atoms with Crippen LogP contribution < -0.4 is 24.8 Å². The molecule has 38 heavy (non-hydrogen) atoms. The lowest BCUT2D eigenvalue weighted by Gasteiger charge is -2.16. The van der Waals surface area contributed by atoms with Crippen LogP contribution in [0.4, 0.5) is 20.2 Å². The van der Waals surface area contributed by atoms with Crippen molar-refractivity contribution in [3.05, 3.63) is 78.5 Å². The van der Waals surface area contributed by atoms with E-state index in [1.54, 1.807) is 48.7 Å². The van der Waals surface area contributed by atoms with Gasteiger partial charge in [-0.2, -0.15) is 0 Å². The Morgan fingerprint density at radius 3 is 2.16 bits per heavy atom. The number of rotatable bonds is 9. The van der Waals surface area contributed by atoms with Gasteiger partial charge in [-0.15, -0.1) is 0 Å². The Morgan fingerprint density at radius 2 is 1.50 bits per heavy atom. The van der Waals surface area contributed by atoms with Gasteiger partial charge in [-0.05, 0) is 48.5 Å². The number of halogens is 2. The Hall–Kier alpha value is -4.77. The fourth-order valence-electron chi connectivity index (χ4n) is 3.60. The van der Waals surface area contributed by atoms with Gasteiger partial charge in [0.1, 0.15) is 23.1 Å². The number of fused-ring (bicyclic) bond motifs is 1. The van der Waals surface area contributed by atoms with Crippen LogP contribution in [0.15, 0.2) is 66.9 Å². The second-order valence-electron chi connectivity index (χ2n) is 7.88. The third-order valence-electron chi connectivity index (χ3n) is 5.46. The monoisotopic (exact) mass is 523 g/mol. The van der Waals surface area contributed by atoms with Crippen molar-refractivity contribution in [3.63, 3.8) is 0 Å². The number of aromatic nitrogens is 1.